The number of Topliss-reactive ketones (excluding diaryl/α,β-unsaturated/α-hetero) is 1. The molecule has 1 atom stereocenters. The zero-order valence-corrected chi connectivity index (χ0v) is 15.5. The van der Waals surface area contributed by atoms with Gasteiger partial charge in [0, 0.05) is 12.0 Å². The van der Waals surface area contributed by atoms with Crippen molar-refractivity contribution in [2.75, 3.05) is 13.2 Å². The molecule has 1 N–H and O–H groups in total. The molecule has 0 radical (unpaired) electrons. The number of rotatable bonds is 6. The highest BCUT2D eigenvalue weighted by Gasteiger charge is 2.36. The number of hydrazine groups is 1. The monoisotopic (exact) mass is 400 g/mol. The fourth-order valence-corrected chi connectivity index (χ4v) is 2.99. The van der Waals surface area contributed by atoms with Gasteiger partial charge in [-0.05, 0) is 12.1 Å². The summed E-state index contributed by atoms with van der Waals surface area (Å²) < 4.78 is 5.05. The first-order valence-corrected chi connectivity index (χ1v) is 8.94. The predicted molar refractivity (Wildman–Crippen MR) is 100 cm³/mol. The van der Waals surface area contributed by atoms with Gasteiger partial charge >= 0.3 is 5.97 Å². The van der Waals surface area contributed by atoms with Crippen LogP contribution in [-0.2, 0) is 14.3 Å². The second-order valence-electron chi connectivity index (χ2n) is 6.22. The second kappa shape index (κ2) is 8.67. The van der Waals surface area contributed by atoms with Gasteiger partial charge in [-0.25, -0.2) is 0 Å². The number of esters is 1. The Kier molecular flexibility index (Phi) is 6.06. The Hall–Kier alpha value is -3.19. The van der Waals surface area contributed by atoms with Gasteiger partial charge in [-0.3, -0.25) is 29.6 Å². The fourth-order valence-electron chi connectivity index (χ4n) is 2.76. The van der Waals surface area contributed by atoms with Gasteiger partial charge in [-0.15, -0.1) is 0 Å². The van der Waals surface area contributed by atoms with Crippen LogP contribution in [0.4, 0.5) is 0 Å². The van der Waals surface area contributed by atoms with E-state index in [0.717, 1.165) is 5.01 Å². The lowest BCUT2D eigenvalue weighted by Gasteiger charge is -2.18. The van der Waals surface area contributed by atoms with E-state index in [2.05, 4.69) is 5.43 Å². The summed E-state index contributed by atoms with van der Waals surface area (Å²) in [4.78, 5) is 48.6. The van der Waals surface area contributed by atoms with Gasteiger partial charge in [0.25, 0.3) is 5.91 Å². The fraction of sp³-hybridized carbons (Fsp3) is 0.200. The van der Waals surface area contributed by atoms with E-state index in [1.54, 1.807) is 48.5 Å². The Bertz CT molecular complexity index is 916. The number of amides is 2. The van der Waals surface area contributed by atoms with Gasteiger partial charge in [-0.1, -0.05) is 54.1 Å². The van der Waals surface area contributed by atoms with Gasteiger partial charge in [0.2, 0.25) is 5.91 Å². The average molecular weight is 401 g/mol. The molecule has 1 aliphatic heterocycles. The maximum absolute atomic E-state index is 12.3. The van der Waals surface area contributed by atoms with E-state index in [9.17, 15) is 19.2 Å². The maximum atomic E-state index is 12.3. The largest absolute Gasteiger partial charge is 0.457 e. The minimum atomic E-state index is -0.761. The Balaban J connectivity index is 1.53. The first kappa shape index (κ1) is 19.6. The van der Waals surface area contributed by atoms with Crippen molar-refractivity contribution in [3.63, 3.8) is 0 Å². The molecular weight excluding hydrogens is 384 g/mol. The van der Waals surface area contributed by atoms with Crippen molar-refractivity contribution in [1.29, 1.82) is 0 Å². The predicted octanol–water partition coefficient (Wildman–Crippen LogP) is 2.26. The summed E-state index contributed by atoms with van der Waals surface area (Å²) in [6.07, 6.45) is -0.110. The van der Waals surface area contributed by atoms with Crippen molar-refractivity contribution in [3.8, 4) is 0 Å². The van der Waals surface area contributed by atoms with Gasteiger partial charge in [0.1, 0.15) is 0 Å². The molecule has 1 fully saturated rings. The van der Waals surface area contributed by atoms with Crippen molar-refractivity contribution >= 4 is 35.2 Å². The highest BCUT2D eigenvalue weighted by Crippen LogP contribution is 2.19. The topological polar surface area (TPSA) is 92.8 Å². The Morgan fingerprint density at radius 1 is 1.07 bits per heavy atom. The molecule has 0 saturated carbocycles. The zero-order chi connectivity index (χ0) is 20.1. The number of ketones is 1. The molecule has 0 spiro atoms. The molecular formula is C20H17ClN2O5. The number of hydrogen-bond donors (Lipinski definition) is 1. The molecule has 0 aromatic heterocycles. The molecule has 2 amide bonds. The van der Waals surface area contributed by atoms with Crippen molar-refractivity contribution in [2.45, 2.75) is 6.42 Å². The molecule has 1 saturated heterocycles. The minimum absolute atomic E-state index is 0.0343. The van der Waals surface area contributed by atoms with Crippen LogP contribution >= 0.6 is 11.6 Å². The van der Waals surface area contributed by atoms with Crippen molar-refractivity contribution in [1.82, 2.24) is 10.4 Å². The maximum Gasteiger partial charge on any atom is 0.311 e. The van der Waals surface area contributed by atoms with Gasteiger partial charge in [0.05, 0.1) is 23.0 Å². The first-order valence-electron chi connectivity index (χ1n) is 8.56. The van der Waals surface area contributed by atoms with Crippen LogP contribution in [0.15, 0.2) is 54.6 Å². The summed E-state index contributed by atoms with van der Waals surface area (Å²) >= 11 is 5.97. The van der Waals surface area contributed by atoms with Crippen molar-refractivity contribution < 1.29 is 23.9 Å². The summed E-state index contributed by atoms with van der Waals surface area (Å²) in [7, 11) is 0. The smallest absolute Gasteiger partial charge is 0.311 e. The molecule has 1 heterocycles. The van der Waals surface area contributed by atoms with Crippen LogP contribution in [0.5, 0.6) is 0 Å². The number of carbonyl (C=O) groups excluding carboxylic acids is 4. The number of benzene rings is 2. The van der Waals surface area contributed by atoms with Crippen LogP contribution in [0.25, 0.3) is 0 Å². The summed E-state index contributed by atoms with van der Waals surface area (Å²) in [5.41, 5.74) is 3.10. The molecule has 7 nitrogen and oxygen atoms in total. The molecule has 0 aliphatic carbocycles. The number of carbonyl (C=O) groups is 4. The van der Waals surface area contributed by atoms with Crippen LogP contribution in [-0.4, -0.2) is 41.7 Å². The van der Waals surface area contributed by atoms with E-state index in [-0.39, 0.29) is 29.3 Å². The molecule has 144 valence electrons. The van der Waals surface area contributed by atoms with E-state index < -0.39 is 30.3 Å². The number of nitrogens with zero attached hydrogens (tertiary/aromatic N) is 1. The molecule has 28 heavy (non-hydrogen) atoms. The standard InChI is InChI=1S/C20H17ClN2O5/c21-16-9-5-4-8-15(16)19(26)22-23-11-14(10-18(23)25)20(27)28-12-17(24)13-6-2-1-3-7-13/h1-9,14H,10-12H2,(H,22,26). The Labute approximate surface area is 166 Å². The third kappa shape index (κ3) is 4.55. The highest BCUT2D eigenvalue weighted by atomic mass is 35.5. The minimum Gasteiger partial charge on any atom is -0.457 e. The van der Waals surface area contributed by atoms with Gasteiger partial charge in [-0.2, -0.15) is 0 Å². The molecule has 1 aliphatic rings. The van der Waals surface area contributed by atoms with E-state index >= 15 is 0 Å². The molecule has 2 aromatic carbocycles. The third-order valence-corrected chi connectivity index (χ3v) is 4.58. The van der Waals surface area contributed by atoms with Crippen LogP contribution in [0.3, 0.4) is 0 Å². The molecule has 0 bridgehead atoms. The summed E-state index contributed by atoms with van der Waals surface area (Å²) in [5, 5.41) is 1.32. The van der Waals surface area contributed by atoms with Crippen LogP contribution in [0, 0.1) is 5.92 Å². The van der Waals surface area contributed by atoms with Crippen LogP contribution in [0.1, 0.15) is 27.1 Å². The van der Waals surface area contributed by atoms with Gasteiger partial charge < -0.3 is 4.74 Å². The number of nitrogens with one attached hydrogen (secondary N) is 1. The summed E-state index contributed by atoms with van der Waals surface area (Å²) in [6.45, 7) is -0.438. The molecule has 8 heteroatoms. The third-order valence-electron chi connectivity index (χ3n) is 4.25. The van der Waals surface area contributed by atoms with Crippen LogP contribution in [0.2, 0.25) is 5.02 Å². The number of ether oxygens (including phenoxy) is 1. The lowest BCUT2D eigenvalue weighted by molar-refractivity contribution is -0.147. The number of halogens is 1. The van der Waals surface area contributed by atoms with E-state index in [4.69, 9.17) is 16.3 Å². The molecule has 2 aromatic rings. The summed E-state index contributed by atoms with van der Waals surface area (Å²) in [5.74, 6) is -2.72. The van der Waals surface area contributed by atoms with Crippen molar-refractivity contribution in [2.24, 2.45) is 5.92 Å². The van der Waals surface area contributed by atoms with Crippen molar-refractivity contribution in [3.05, 3.63) is 70.7 Å². The van der Waals surface area contributed by atoms with Crippen LogP contribution < -0.4 is 5.43 Å². The second-order valence-corrected chi connectivity index (χ2v) is 6.63. The lowest BCUT2D eigenvalue weighted by atomic mass is 10.1. The quantitative estimate of drug-likeness (QED) is 0.593. The van der Waals surface area contributed by atoms with E-state index in [1.807, 2.05) is 0 Å². The lowest BCUT2D eigenvalue weighted by Crippen LogP contribution is -2.43. The molecule has 1 unspecified atom stereocenters. The first-order chi connectivity index (χ1) is 13.5. The SMILES string of the molecule is O=C(COC(=O)C1CC(=O)N(NC(=O)c2ccccc2Cl)C1)c1ccccc1. The number of hydrogen-bond acceptors (Lipinski definition) is 5. The zero-order valence-electron chi connectivity index (χ0n) is 14.8. The normalized spacial score (nSPS) is 16.0. The summed E-state index contributed by atoms with van der Waals surface area (Å²) in [6, 6.07) is 14.9. The highest BCUT2D eigenvalue weighted by molar-refractivity contribution is 6.33. The average Bonchev–Trinajstić information content (AvgIpc) is 3.07. The van der Waals surface area contributed by atoms with E-state index in [1.165, 1.54) is 6.07 Å². The van der Waals surface area contributed by atoms with E-state index in [0.29, 0.717) is 5.56 Å². The van der Waals surface area contributed by atoms with Gasteiger partial charge in [0.15, 0.2) is 12.4 Å². The Morgan fingerprint density at radius 3 is 2.46 bits per heavy atom. The molecule has 3 rings (SSSR count). The Morgan fingerprint density at radius 2 is 1.75 bits per heavy atom.